The number of carbonyl (C=O) groups excluding carboxylic acids is 1. The molecule has 1 aliphatic rings. The quantitative estimate of drug-likeness (QED) is 0.936. The van der Waals surface area contributed by atoms with Crippen molar-refractivity contribution < 1.29 is 14.7 Å². The number of benzene rings is 1. The average molecular weight is 330 g/mol. The van der Waals surface area contributed by atoms with Crippen LogP contribution < -0.4 is 0 Å². The highest BCUT2D eigenvalue weighted by Gasteiger charge is 2.31. The number of carboxylic acids is 1. The Hall–Kier alpha value is -2.21. The molecule has 1 saturated heterocycles. The van der Waals surface area contributed by atoms with Crippen molar-refractivity contribution in [1.29, 1.82) is 0 Å². The summed E-state index contributed by atoms with van der Waals surface area (Å²) in [6.07, 6.45) is 2.41. The van der Waals surface area contributed by atoms with Crippen molar-refractivity contribution in [1.82, 2.24) is 9.88 Å². The fourth-order valence-electron chi connectivity index (χ4n) is 2.84. The van der Waals surface area contributed by atoms with Gasteiger partial charge < -0.3 is 10.0 Å². The predicted octanol–water partition coefficient (Wildman–Crippen LogP) is 2.82. The Labute approximate surface area is 138 Å². The summed E-state index contributed by atoms with van der Waals surface area (Å²) in [6.45, 7) is 0.519. The number of carbonyl (C=O) groups is 2. The molecule has 1 atom stereocenters. The van der Waals surface area contributed by atoms with Gasteiger partial charge in [0.25, 0.3) is 0 Å². The van der Waals surface area contributed by atoms with Crippen LogP contribution in [0.4, 0.5) is 0 Å². The van der Waals surface area contributed by atoms with Gasteiger partial charge in [-0.05, 0) is 19.3 Å². The smallest absolute Gasteiger partial charge is 0.326 e. The van der Waals surface area contributed by atoms with E-state index < -0.39 is 12.0 Å². The number of piperidine rings is 1. The zero-order valence-electron chi connectivity index (χ0n) is 12.6. The first kappa shape index (κ1) is 15.7. The van der Waals surface area contributed by atoms with Gasteiger partial charge in [0.05, 0.1) is 12.1 Å². The van der Waals surface area contributed by atoms with Crippen molar-refractivity contribution >= 4 is 23.2 Å². The van der Waals surface area contributed by atoms with E-state index in [1.54, 1.807) is 0 Å². The summed E-state index contributed by atoms with van der Waals surface area (Å²) in [5.74, 6) is -1.07. The maximum Gasteiger partial charge on any atom is 0.326 e. The molecule has 0 unspecified atom stereocenters. The molecule has 3 rings (SSSR count). The Morgan fingerprint density at radius 2 is 2.04 bits per heavy atom. The normalized spacial score (nSPS) is 17.9. The molecule has 23 heavy (non-hydrogen) atoms. The third kappa shape index (κ3) is 3.59. The van der Waals surface area contributed by atoms with E-state index in [9.17, 15) is 14.7 Å². The van der Waals surface area contributed by atoms with Gasteiger partial charge in [-0.25, -0.2) is 9.78 Å². The van der Waals surface area contributed by atoms with Gasteiger partial charge in [0.2, 0.25) is 5.91 Å². The Morgan fingerprint density at radius 1 is 1.26 bits per heavy atom. The van der Waals surface area contributed by atoms with E-state index in [0.717, 1.165) is 23.4 Å². The fourth-order valence-corrected chi connectivity index (χ4v) is 3.67. The zero-order valence-corrected chi connectivity index (χ0v) is 13.5. The van der Waals surface area contributed by atoms with Gasteiger partial charge in [-0.1, -0.05) is 30.3 Å². The van der Waals surface area contributed by atoms with Crippen molar-refractivity contribution in [2.24, 2.45) is 0 Å². The first-order valence-electron chi connectivity index (χ1n) is 7.67. The van der Waals surface area contributed by atoms with Crippen molar-refractivity contribution in [2.45, 2.75) is 31.7 Å². The summed E-state index contributed by atoms with van der Waals surface area (Å²) < 4.78 is 0. The van der Waals surface area contributed by atoms with E-state index >= 15 is 0 Å². The number of hydrogen-bond donors (Lipinski definition) is 1. The minimum absolute atomic E-state index is 0.151. The van der Waals surface area contributed by atoms with Gasteiger partial charge in [-0.3, -0.25) is 4.79 Å². The van der Waals surface area contributed by atoms with E-state index in [-0.39, 0.29) is 12.3 Å². The number of aromatic nitrogens is 1. The Kier molecular flexibility index (Phi) is 4.71. The first-order valence-corrected chi connectivity index (χ1v) is 8.55. The molecule has 0 bridgehead atoms. The molecule has 2 aromatic rings. The van der Waals surface area contributed by atoms with Gasteiger partial charge in [0.15, 0.2) is 0 Å². The SMILES string of the molecule is O=C(O)[C@H]1CCCCN1C(=O)Cc1csc(-c2ccccc2)n1. The molecule has 2 heterocycles. The molecule has 1 N–H and O–H groups in total. The van der Waals surface area contributed by atoms with Gasteiger partial charge >= 0.3 is 5.97 Å². The zero-order chi connectivity index (χ0) is 16.2. The molecular weight excluding hydrogens is 312 g/mol. The lowest BCUT2D eigenvalue weighted by atomic mass is 10.0. The lowest BCUT2D eigenvalue weighted by Crippen LogP contribution is -2.48. The third-order valence-electron chi connectivity index (χ3n) is 4.01. The molecule has 0 spiro atoms. The van der Waals surface area contributed by atoms with Gasteiger partial charge in [0.1, 0.15) is 11.0 Å². The second-order valence-corrected chi connectivity index (χ2v) is 6.48. The molecular formula is C17H18N2O3S. The molecule has 1 aliphatic heterocycles. The first-order chi connectivity index (χ1) is 11.1. The van der Waals surface area contributed by atoms with Crippen LogP contribution in [0, 0.1) is 0 Å². The van der Waals surface area contributed by atoms with Crippen LogP contribution in [0.5, 0.6) is 0 Å². The summed E-state index contributed by atoms with van der Waals surface area (Å²) in [5.41, 5.74) is 1.73. The van der Waals surface area contributed by atoms with Crippen molar-refractivity contribution in [2.75, 3.05) is 6.54 Å². The van der Waals surface area contributed by atoms with Crippen LogP contribution in [0.1, 0.15) is 25.0 Å². The van der Waals surface area contributed by atoms with E-state index in [4.69, 9.17) is 0 Å². The highest BCUT2D eigenvalue weighted by molar-refractivity contribution is 7.13. The molecule has 0 radical (unpaired) electrons. The summed E-state index contributed by atoms with van der Waals surface area (Å²) in [6, 6.07) is 9.12. The van der Waals surface area contributed by atoms with E-state index in [1.165, 1.54) is 16.2 Å². The summed E-state index contributed by atoms with van der Waals surface area (Å²) in [5, 5.41) is 12.0. The van der Waals surface area contributed by atoms with Crippen molar-refractivity contribution in [3.63, 3.8) is 0 Å². The molecule has 6 heteroatoms. The van der Waals surface area contributed by atoms with Gasteiger partial charge in [0, 0.05) is 17.5 Å². The molecule has 1 aromatic heterocycles. The highest BCUT2D eigenvalue weighted by Crippen LogP contribution is 2.24. The van der Waals surface area contributed by atoms with Crippen LogP contribution in [0.3, 0.4) is 0 Å². The van der Waals surface area contributed by atoms with Crippen molar-refractivity contribution in [3.05, 3.63) is 41.4 Å². The second kappa shape index (κ2) is 6.91. The molecule has 1 fully saturated rings. The standard InChI is InChI=1S/C17H18N2O3S/c20-15(19-9-5-4-8-14(19)17(21)22)10-13-11-23-16(18-13)12-6-2-1-3-7-12/h1-3,6-7,11,14H,4-5,8-10H2,(H,21,22)/t14-/m1/s1. The van der Waals surface area contributed by atoms with Crippen LogP contribution in [0.25, 0.3) is 10.6 Å². The molecule has 0 aliphatic carbocycles. The maximum atomic E-state index is 12.5. The number of aliphatic carboxylic acids is 1. The molecule has 0 saturated carbocycles. The lowest BCUT2D eigenvalue weighted by molar-refractivity contribution is -0.151. The summed E-state index contributed by atoms with van der Waals surface area (Å²) in [4.78, 5) is 29.8. The largest absolute Gasteiger partial charge is 0.480 e. The van der Waals surface area contributed by atoms with Crippen LogP contribution in [0.2, 0.25) is 0 Å². The Balaban J connectivity index is 1.70. The fraction of sp³-hybridized carbons (Fsp3) is 0.353. The number of hydrogen-bond acceptors (Lipinski definition) is 4. The maximum absolute atomic E-state index is 12.5. The van der Waals surface area contributed by atoms with Gasteiger partial charge in [-0.15, -0.1) is 11.3 Å². The van der Waals surface area contributed by atoms with Gasteiger partial charge in [-0.2, -0.15) is 0 Å². The molecule has 5 nitrogen and oxygen atoms in total. The van der Waals surface area contributed by atoms with Crippen LogP contribution in [0.15, 0.2) is 35.7 Å². The highest BCUT2D eigenvalue weighted by atomic mass is 32.1. The molecule has 1 amide bonds. The summed E-state index contributed by atoms with van der Waals surface area (Å²) in [7, 11) is 0. The third-order valence-corrected chi connectivity index (χ3v) is 4.95. The Bertz CT molecular complexity index is 699. The topological polar surface area (TPSA) is 70.5 Å². The minimum atomic E-state index is -0.915. The monoisotopic (exact) mass is 330 g/mol. The molecule has 120 valence electrons. The van der Waals surface area contributed by atoms with E-state index in [1.807, 2.05) is 35.7 Å². The number of carboxylic acid groups (broad SMARTS) is 1. The number of likely N-dealkylation sites (tertiary alicyclic amines) is 1. The van der Waals surface area contributed by atoms with E-state index in [0.29, 0.717) is 18.7 Å². The van der Waals surface area contributed by atoms with Crippen LogP contribution in [-0.4, -0.2) is 39.5 Å². The van der Waals surface area contributed by atoms with Crippen LogP contribution >= 0.6 is 11.3 Å². The second-order valence-electron chi connectivity index (χ2n) is 5.62. The van der Waals surface area contributed by atoms with Crippen molar-refractivity contribution in [3.8, 4) is 10.6 Å². The number of rotatable bonds is 4. The summed E-state index contributed by atoms with van der Waals surface area (Å²) >= 11 is 1.50. The van der Waals surface area contributed by atoms with E-state index in [2.05, 4.69) is 4.98 Å². The predicted molar refractivity (Wildman–Crippen MR) is 88.2 cm³/mol. The molecule has 1 aromatic carbocycles. The number of nitrogens with zero attached hydrogens (tertiary/aromatic N) is 2. The number of amides is 1. The number of thiazole rings is 1. The van der Waals surface area contributed by atoms with Crippen LogP contribution in [-0.2, 0) is 16.0 Å². The Morgan fingerprint density at radius 3 is 2.78 bits per heavy atom. The average Bonchev–Trinajstić information content (AvgIpc) is 3.04. The lowest BCUT2D eigenvalue weighted by Gasteiger charge is -2.32. The minimum Gasteiger partial charge on any atom is -0.480 e.